The molecule has 0 aromatic carbocycles. The van der Waals surface area contributed by atoms with Crippen molar-refractivity contribution < 1.29 is 17.9 Å². The number of esters is 1. The van der Waals surface area contributed by atoms with E-state index in [1.807, 2.05) is 6.92 Å². The van der Waals surface area contributed by atoms with E-state index in [1.165, 1.54) is 4.31 Å². The minimum absolute atomic E-state index is 0.0479. The van der Waals surface area contributed by atoms with Crippen LogP contribution in [0.15, 0.2) is 0 Å². The Morgan fingerprint density at radius 2 is 1.95 bits per heavy atom. The van der Waals surface area contributed by atoms with Gasteiger partial charge in [0, 0.05) is 25.7 Å². The Kier molecular flexibility index (Phi) is 5.62. The highest BCUT2D eigenvalue weighted by atomic mass is 32.2. The molecule has 0 unspecified atom stereocenters. The molecule has 0 spiro atoms. The molecule has 0 aromatic rings. The number of ether oxygens (including phenoxy) is 1. The van der Waals surface area contributed by atoms with Gasteiger partial charge in [0.05, 0.1) is 12.5 Å². The van der Waals surface area contributed by atoms with E-state index in [1.54, 1.807) is 11.2 Å². The minimum Gasteiger partial charge on any atom is -0.466 e. The molecule has 2 aliphatic rings. The van der Waals surface area contributed by atoms with Crippen LogP contribution in [0.25, 0.3) is 0 Å². The summed E-state index contributed by atoms with van der Waals surface area (Å²) in [5.41, 5.74) is 0. The number of hydrogen-bond acceptors (Lipinski definition) is 4. The Morgan fingerprint density at radius 3 is 2.62 bits per heavy atom. The van der Waals surface area contributed by atoms with Crippen LogP contribution < -0.4 is 0 Å². The average Bonchev–Trinajstić information content (AvgIpc) is 2.48. The summed E-state index contributed by atoms with van der Waals surface area (Å²) in [5, 5.41) is 0. The molecule has 2 atom stereocenters. The molecule has 2 rings (SSSR count). The van der Waals surface area contributed by atoms with Gasteiger partial charge in [-0.05, 0) is 39.5 Å². The van der Waals surface area contributed by atoms with Crippen LogP contribution in [0.4, 0.5) is 0 Å². The van der Waals surface area contributed by atoms with E-state index in [-0.39, 0.29) is 24.5 Å². The third-order valence-corrected chi connectivity index (χ3v) is 6.49. The number of carbonyl (C=O) groups is 1. The quantitative estimate of drug-likeness (QED) is 0.735. The summed E-state index contributed by atoms with van der Waals surface area (Å²) in [6, 6.07) is 0.0479. The fourth-order valence-electron chi connectivity index (χ4n) is 3.17. The van der Waals surface area contributed by atoms with Gasteiger partial charge in [-0.3, -0.25) is 4.79 Å². The molecule has 0 N–H and O–H groups in total. The maximum absolute atomic E-state index is 12.8. The van der Waals surface area contributed by atoms with Crippen LogP contribution in [0.3, 0.4) is 0 Å². The number of piperidine rings is 2. The van der Waals surface area contributed by atoms with Crippen molar-refractivity contribution in [1.82, 2.24) is 8.61 Å². The number of rotatable bonds is 4. The normalized spacial score (nSPS) is 29.2. The summed E-state index contributed by atoms with van der Waals surface area (Å²) in [7, 11) is -3.46. The monoisotopic (exact) mass is 318 g/mol. The summed E-state index contributed by atoms with van der Waals surface area (Å²) in [6.45, 7) is 5.41. The molecule has 2 fully saturated rings. The largest absolute Gasteiger partial charge is 0.466 e. The van der Waals surface area contributed by atoms with Crippen molar-refractivity contribution in [2.24, 2.45) is 5.92 Å². The lowest BCUT2D eigenvalue weighted by Gasteiger charge is -2.38. The van der Waals surface area contributed by atoms with E-state index >= 15 is 0 Å². The van der Waals surface area contributed by atoms with E-state index in [0.29, 0.717) is 32.5 Å². The molecular formula is C14H26N2O4S. The van der Waals surface area contributed by atoms with Crippen molar-refractivity contribution in [2.75, 3.05) is 26.2 Å². The first-order valence-electron chi connectivity index (χ1n) is 7.90. The zero-order valence-electron chi connectivity index (χ0n) is 13.0. The van der Waals surface area contributed by atoms with Gasteiger partial charge in [-0.1, -0.05) is 6.42 Å². The summed E-state index contributed by atoms with van der Waals surface area (Å²) in [4.78, 5) is 11.9. The highest BCUT2D eigenvalue weighted by molar-refractivity contribution is 7.86. The van der Waals surface area contributed by atoms with E-state index in [0.717, 1.165) is 19.3 Å². The van der Waals surface area contributed by atoms with Crippen molar-refractivity contribution >= 4 is 16.2 Å². The zero-order valence-corrected chi connectivity index (χ0v) is 13.8. The van der Waals surface area contributed by atoms with Gasteiger partial charge in [0.2, 0.25) is 0 Å². The van der Waals surface area contributed by atoms with Gasteiger partial charge in [0.15, 0.2) is 0 Å². The molecular weight excluding hydrogens is 292 g/mol. The molecule has 0 aliphatic carbocycles. The fourth-order valence-corrected chi connectivity index (χ4v) is 5.11. The highest BCUT2D eigenvalue weighted by Gasteiger charge is 2.38. The first kappa shape index (κ1) is 16.7. The van der Waals surface area contributed by atoms with Crippen LogP contribution in [-0.2, 0) is 19.7 Å². The first-order valence-corrected chi connectivity index (χ1v) is 9.30. The van der Waals surface area contributed by atoms with E-state index < -0.39 is 10.2 Å². The van der Waals surface area contributed by atoms with Crippen LogP contribution in [-0.4, -0.2) is 55.3 Å². The predicted octanol–water partition coefficient (Wildman–Crippen LogP) is 1.38. The fraction of sp³-hybridized carbons (Fsp3) is 0.929. The Morgan fingerprint density at radius 1 is 1.19 bits per heavy atom. The molecule has 6 nitrogen and oxygen atoms in total. The second-order valence-corrected chi connectivity index (χ2v) is 7.79. The van der Waals surface area contributed by atoms with Crippen molar-refractivity contribution in [3.63, 3.8) is 0 Å². The summed E-state index contributed by atoms with van der Waals surface area (Å²) >= 11 is 0. The molecule has 0 aromatic heterocycles. The third-order valence-electron chi connectivity index (χ3n) is 4.37. The summed E-state index contributed by atoms with van der Waals surface area (Å²) in [6.07, 6.45) is 4.33. The summed E-state index contributed by atoms with van der Waals surface area (Å²) in [5.74, 6) is -0.599. The zero-order chi connectivity index (χ0) is 15.5. The molecule has 2 saturated heterocycles. The number of carbonyl (C=O) groups excluding carboxylic acids is 1. The number of hydrogen-bond donors (Lipinski definition) is 0. The Labute approximate surface area is 127 Å². The molecule has 21 heavy (non-hydrogen) atoms. The van der Waals surface area contributed by atoms with Crippen molar-refractivity contribution in [3.8, 4) is 0 Å². The maximum Gasteiger partial charge on any atom is 0.310 e. The lowest BCUT2D eigenvalue weighted by molar-refractivity contribution is -0.149. The Hall–Kier alpha value is -0.660. The third kappa shape index (κ3) is 3.76. The molecule has 122 valence electrons. The lowest BCUT2D eigenvalue weighted by atomic mass is 10.0. The first-order chi connectivity index (χ1) is 9.96. The second kappa shape index (κ2) is 7.07. The highest BCUT2D eigenvalue weighted by Crippen LogP contribution is 2.26. The topological polar surface area (TPSA) is 66.9 Å². The Bertz CT molecular complexity index is 466. The molecule has 2 aliphatic heterocycles. The van der Waals surface area contributed by atoms with Crippen molar-refractivity contribution in [3.05, 3.63) is 0 Å². The molecule has 0 amide bonds. The standard InChI is InChI=1S/C14H26N2O4S/c1-3-20-14(17)13-8-6-9-15(11-13)21(18,19)16-10-5-4-7-12(16)2/h12-13H,3-11H2,1-2H3/t12-,13-/m0/s1. The van der Waals surface area contributed by atoms with E-state index in [2.05, 4.69) is 0 Å². The molecule has 0 bridgehead atoms. The van der Waals surface area contributed by atoms with Gasteiger partial charge < -0.3 is 4.74 Å². The van der Waals surface area contributed by atoms with Gasteiger partial charge in [0.25, 0.3) is 10.2 Å². The smallest absolute Gasteiger partial charge is 0.310 e. The molecule has 0 radical (unpaired) electrons. The lowest BCUT2D eigenvalue weighted by Crippen LogP contribution is -2.53. The van der Waals surface area contributed by atoms with Gasteiger partial charge in [-0.15, -0.1) is 0 Å². The van der Waals surface area contributed by atoms with Crippen LogP contribution in [0.2, 0.25) is 0 Å². The molecule has 2 heterocycles. The van der Waals surface area contributed by atoms with Gasteiger partial charge >= 0.3 is 5.97 Å². The van der Waals surface area contributed by atoms with Crippen LogP contribution in [0, 0.1) is 5.92 Å². The van der Waals surface area contributed by atoms with Crippen LogP contribution in [0.1, 0.15) is 46.0 Å². The number of nitrogens with zero attached hydrogens (tertiary/aromatic N) is 2. The summed E-state index contributed by atoms with van der Waals surface area (Å²) < 4.78 is 33.7. The average molecular weight is 318 g/mol. The van der Waals surface area contributed by atoms with Crippen molar-refractivity contribution in [1.29, 1.82) is 0 Å². The maximum atomic E-state index is 12.8. The molecule has 0 saturated carbocycles. The van der Waals surface area contributed by atoms with Gasteiger partial charge in [0.1, 0.15) is 0 Å². The van der Waals surface area contributed by atoms with Gasteiger partial charge in [-0.25, -0.2) is 0 Å². The van der Waals surface area contributed by atoms with E-state index in [4.69, 9.17) is 4.74 Å². The van der Waals surface area contributed by atoms with Gasteiger partial charge in [-0.2, -0.15) is 17.0 Å². The molecule has 7 heteroatoms. The van der Waals surface area contributed by atoms with Crippen molar-refractivity contribution in [2.45, 2.75) is 52.0 Å². The Balaban J connectivity index is 2.07. The second-order valence-electron chi connectivity index (χ2n) is 5.91. The predicted molar refractivity (Wildman–Crippen MR) is 79.9 cm³/mol. The van der Waals surface area contributed by atoms with E-state index in [9.17, 15) is 13.2 Å². The van der Waals surface area contributed by atoms with Crippen LogP contribution >= 0.6 is 0 Å². The van der Waals surface area contributed by atoms with Crippen LogP contribution in [0.5, 0.6) is 0 Å². The SMILES string of the molecule is CCOC(=O)[C@H]1CCCN(S(=O)(=O)N2CCCC[C@@H]2C)C1. The minimum atomic E-state index is -3.46.